The number of hydrogen-bond acceptors (Lipinski definition) is 4. The number of carbonyl (C=O) groups excluding carboxylic acids is 2. The Balaban J connectivity index is 3.18. The van der Waals surface area contributed by atoms with Gasteiger partial charge in [0, 0.05) is 6.42 Å². The highest BCUT2D eigenvalue weighted by molar-refractivity contribution is 6.15. The summed E-state index contributed by atoms with van der Waals surface area (Å²) in [4.78, 5) is 23.9. The molecule has 0 radical (unpaired) electrons. The number of Topliss-reactive ketones (excluding diaryl/α,β-unsaturated/α-hetero) is 2. The van der Waals surface area contributed by atoms with Gasteiger partial charge in [-0.15, -0.1) is 0 Å². The van der Waals surface area contributed by atoms with Gasteiger partial charge in [0.15, 0.2) is 5.78 Å². The lowest BCUT2D eigenvalue weighted by Crippen LogP contribution is -2.26. The molecule has 1 rings (SSSR count). The number of rotatable bonds is 9. The summed E-state index contributed by atoms with van der Waals surface area (Å²) in [6.45, 7) is 5.94. The summed E-state index contributed by atoms with van der Waals surface area (Å²) in [5, 5.41) is 0. The molecule has 4 nitrogen and oxygen atoms in total. The molecule has 0 aliphatic heterocycles. The summed E-state index contributed by atoms with van der Waals surface area (Å²) in [5.74, 6) is -1.14. The topological polar surface area (TPSA) is 52.6 Å². The van der Waals surface area contributed by atoms with E-state index in [9.17, 15) is 14.0 Å². The first kappa shape index (κ1) is 17.1. The normalized spacial score (nSPS) is 11.8. The quantitative estimate of drug-likeness (QED) is 0.518. The Morgan fingerprint density at radius 3 is 2.05 bits per heavy atom. The maximum absolute atomic E-state index is 14.1. The molecule has 116 valence electrons. The lowest BCUT2D eigenvalue weighted by molar-refractivity contribution is -0.122. The van der Waals surface area contributed by atoms with Crippen molar-refractivity contribution in [2.75, 3.05) is 13.2 Å². The molecule has 0 amide bonds. The Morgan fingerprint density at radius 1 is 1.10 bits per heavy atom. The van der Waals surface area contributed by atoms with Crippen molar-refractivity contribution in [1.29, 1.82) is 0 Å². The van der Waals surface area contributed by atoms with E-state index in [0.29, 0.717) is 19.6 Å². The molecule has 0 saturated carbocycles. The zero-order chi connectivity index (χ0) is 15.8. The van der Waals surface area contributed by atoms with Gasteiger partial charge in [0.1, 0.15) is 17.1 Å². The second kappa shape index (κ2) is 8.39. The van der Waals surface area contributed by atoms with E-state index >= 15 is 0 Å². The molecule has 0 spiro atoms. The van der Waals surface area contributed by atoms with Gasteiger partial charge >= 0.3 is 0 Å². The van der Waals surface area contributed by atoms with Crippen molar-refractivity contribution in [2.24, 2.45) is 0 Å². The zero-order valence-corrected chi connectivity index (χ0v) is 12.6. The Morgan fingerprint density at radius 2 is 1.62 bits per heavy atom. The summed E-state index contributed by atoms with van der Waals surface area (Å²) in [6, 6.07) is 4.79. The van der Waals surface area contributed by atoms with E-state index < -0.39 is 17.7 Å². The maximum Gasteiger partial charge on any atom is 0.221 e. The van der Waals surface area contributed by atoms with Crippen LogP contribution in [0.15, 0.2) is 18.2 Å². The Kier molecular flexibility index (Phi) is 6.85. The third kappa shape index (κ3) is 4.28. The number of halogens is 1. The standard InChI is InChI=1S/C16H21FO4/c1-4-8-11(18)15(17)16(19)14-12(20-5-2)9-7-10-13(14)21-6-3/h7,9-10,15H,4-6,8H2,1-3H3. The molecule has 1 unspecified atom stereocenters. The largest absolute Gasteiger partial charge is 0.493 e. The van der Waals surface area contributed by atoms with Gasteiger partial charge in [0.25, 0.3) is 0 Å². The minimum Gasteiger partial charge on any atom is -0.493 e. The summed E-state index contributed by atoms with van der Waals surface area (Å²) >= 11 is 0. The van der Waals surface area contributed by atoms with Crippen LogP contribution in [-0.2, 0) is 4.79 Å². The molecular formula is C16H21FO4. The van der Waals surface area contributed by atoms with Gasteiger partial charge in [-0.05, 0) is 32.4 Å². The van der Waals surface area contributed by atoms with E-state index in [0.717, 1.165) is 0 Å². The van der Waals surface area contributed by atoms with Crippen LogP contribution in [0.25, 0.3) is 0 Å². The number of ether oxygens (including phenoxy) is 2. The SMILES string of the molecule is CCCC(=O)C(F)C(=O)c1c(OCC)cccc1OCC. The van der Waals surface area contributed by atoms with Gasteiger partial charge in [-0.2, -0.15) is 0 Å². The minimum atomic E-state index is -2.18. The van der Waals surface area contributed by atoms with E-state index in [1.54, 1.807) is 39.0 Å². The fraction of sp³-hybridized carbons (Fsp3) is 0.500. The van der Waals surface area contributed by atoms with E-state index in [-0.39, 0.29) is 23.5 Å². The van der Waals surface area contributed by atoms with Gasteiger partial charge in [0.2, 0.25) is 12.0 Å². The van der Waals surface area contributed by atoms with Crippen molar-refractivity contribution in [3.05, 3.63) is 23.8 Å². The highest BCUT2D eigenvalue weighted by atomic mass is 19.1. The maximum atomic E-state index is 14.1. The first-order valence-electron chi connectivity index (χ1n) is 7.16. The van der Waals surface area contributed by atoms with Crippen molar-refractivity contribution in [3.63, 3.8) is 0 Å². The van der Waals surface area contributed by atoms with Gasteiger partial charge in [-0.25, -0.2) is 4.39 Å². The van der Waals surface area contributed by atoms with Crippen LogP contribution in [0.5, 0.6) is 11.5 Å². The van der Waals surface area contributed by atoms with Crippen LogP contribution in [-0.4, -0.2) is 31.0 Å². The second-order valence-electron chi connectivity index (χ2n) is 4.44. The van der Waals surface area contributed by atoms with E-state index in [2.05, 4.69) is 0 Å². The summed E-state index contributed by atoms with van der Waals surface area (Å²) in [5.41, 5.74) is -0.00171. The average Bonchev–Trinajstić information content (AvgIpc) is 2.47. The van der Waals surface area contributed by atoms with Crippen LogP contribution in [0.2, 0.25) is 0 Å². The van der Waals surface area contributed by atoms with Gasteiger partial charge in [0.05, 0.1) is 13.2 Å². The number of hydrogen-bond donors (Lipinski definition) is 0. The van der Waals surface area contributed by atoms with E-state index in [4.69, 9.17) is 9.47 Å². The van der Waals surface area contributed by atoms with Crippen LogP contribution in [0.1, 0.15) is 44.0 Å². The average molecular weight is 296 g/mol. The first-order chi connectivity index (χ1) is 10.1. The summed E-state index contributed by atoms with van der Waals surface area (Å²) < 4.78 is 24.8. The molecule has 0 fully saturated rings. The fourth-order valence-corrected chi connectivity index (χ4v) is 1.95. The van der Waals surface area contributed by atoms with Crippen LogP contribution in [0.4, 0.5) is 4.39 Å². The molecule has 1 atom stereocenters. The Hall–Kier alpha value is -1.91. The number of ketones is 2. The van der Waals surface area contributed by atoms with Gasteiger partial charge < -0.3 is 9.47 Å². The lowest BCUT2D eigenvalue weighted by Gasteiger charge is -2.15. The molecule has 0 N–H and O–H groups in total. The molecular weight excluding hydrogens is 275 g/mol. The highest BCUT2D eigenvalue weighted by Gasteiger charge is 2.31. The molecule has 0 saturated heterocycles. The smallest absolute Gasteiger partial charge is 0.221 e. The van der Waals surface area contributed by atoms with Crippen LogP contribution in [0, 0.1) is 0 Å². The molecule has 1 aromatic rings. The molecule has 0 heterocycles. The van der Waals surface area contributed by atoms with Crippen molar-refractivity contribution >= 4 is 11.6 Å². The van der Waals surface area contributed by atoms with E-state index in [1.807, 2.05) is 0 Å². The Bertz CT molecular complexity index is 475. The molecule has 1 aromatic carbocycles. The predicted octanol–water partition coefficient (Wildman–Crippen LogP) is 3.37. The van der Waals surface area contributed by atoms with Crippen molar-refractivity contribution < 1.29 is 23.5 Å². The van der Waals surface area contributed by atoms with Crippen molar-refractivity contribution in [1.82, 2.24) is 0 Å². The Labute approximate surface area is 124 Å². The first-order valence-corrected chi connectivity index (χ1v) is 7.16. The van der Waals surface area contributed by atoms with Crippen molar-refractivity contribution in [3.8, 4) is 11.5 Å². The van der Waals surface area contributed by atoms with Gasteiger partial charge in [-0.3, -0.25) is 9.59 Å². The second-order valence-corrected chi connectivity index (χ2v) is 4.44. The minimum absolute atomic E-state index is 0.00171. The third-order valence-corrected chi connectivity index (χ3v) is 2.84. The van der Waals surface area contributed by atoms with Crippen LogP contribution in [0.3, 0.4) is 0 Å². The predicted molar refractivity (Wildman–Crippen MR) is 77.9 cm³/mol. The van der Waals surface area contributed by atoms with E-state index in [1.165, 1.54) is 0 Å². The molecule has 21 heavy (non-hydrogen) atoms. The lowest BCUT2D eigenvalue weighted by atomic mass is 10.00. The zero-order valence-electron chi connectivity index (χ0n) is 12.6. The number of benzene rings is 1. The summed E-state index contributed by atoms with van der Waals surface area (Å²) in [7, 11) is 0. The highest BCUT2D eigenvalue weighted by Crippen LogP contribution is 2.31. The number of carbonyl (C=O) groups is 2. The summed E-state index contributed by atoms with van der Waals surface area (Å²) in [6.07, 6.45) is -1.64. The number of alkyl halides is 1. The third-order valence-electron chi connectivity index (χ3n) is 2.84. The fourth-order valence-electron chi connectivity index (χ4n) is 1.95. The monoisotopic (exact) mass is 296 g/mol. The van der Waals surface area contributed by atoms with Crippen LogP contribution >= 0.6 is 0 Å². The molecule has 0 aliphatic rings. The molecule has 5 heteroatoms. The molecule has 0 bridgehead atoms. The molecule has 0 aliphatic carbocycles. The van der Waals surface area contributed by atoms with Crippen LogP contribution < -0.4 is 9.47 Å². The molecule has 0 aromatic heterocycles. The van der Waals surface area contributed by atoms with Crippen molar-refractivity contribution in [2.45, 2.75) is 39.8 Å². The van der Waals surface area contributed by atoms with Gasteiger partial charge in [-0.1, -0.05) is 13.0 Å².